The van der Waals surface area contributed by atoms with Crippen LogP contribution in [0.25, 0.3) is 0 Å². The van der Waals surface area contributed by atoms with E-state index in [2.05, 4.69) is 10.6 Å². The van der Waals surface area contributed by atoms with Crippen LogP contribution in [-0.2, 0) is 9.59 Å². The van der Waals surface area contributed by atoms with Gasteiger partial charge in [-0.1, -0.05) is 32.9 Å². The summed E-state index contributed by atoms with van der Waals surface area (Å²) in [6.45, 7) is 7.23. The number of barbiturate groups is 1. The summed E-state index contributed by atoms with van der Waals surface area (Å²) in [7, 11) is 0. The second-order valence-corrected chi connectivity index (χ2v) is 4.58. The molecule has 2 N–H and O–H groups in total. The number of imide groups is 2. The molecular weight excluding hydrogens is 220 g/mol. The van der Waals surface area contributed by atoms with Gasteiger partial charge in [0.15, 0.2) is 0 Å². The van der Waals surface area contributed by atoms with E-state index in [1.807, 2.05) is 6.92 Å². The van der Waals surface area contributed by atoms with Gasteiger partial charge in [0.25, 0.3) is 0 Å². The van der Waals surface area contributed by atoms with Gasteiger partial charge in [0.05, 0.1) is 0 Å². The predicted octanol–water partition coefficient (Wildman–Crippen LogP) is 1.21. The van der Waals surface area contributed by atoms with Crippen molar-refractivity contribution in [3.8, 4) is 0 Å². The molecule has 1 heterocycles. The standard InChI is InChI=1S/C12H18N2O3/c1-5-6-8(4)12(7(2)3)9(15)13-11(17)14-10(12)16/h5-8H,1-4H3,(H2,13,14,15,16,17). The molecule has 0 spiro atoms. The lowest BCUT2D eigenvalue weighted by Crippen LogP contribution is -2.66. The Bertz CT molecular complexity index is 365. The van der Waals surface area contributed by atoms with E-state index in [-0.39, 0.29) is 11.8 Å². The lowest BCUT2D eigenvalue weighted by Gasteiger charge is -2.40. The molecule has 1 rings (SSSR count). The number of hydrogen-bond acceptors (Lipinski definition) is 3. The first kappa shape index (κ1) is 13.4. The molecule has 1 unspecified atom stereocenters. The maximum absolute atomic E-state index is 12.1. The first-order chi connectivity index (χ1) is 7.87. The van der Waals surface area contributed by atoms with Crippen molar-refractivity contribution in [1.29, 1.82) is 0 Å². The van der Waals surface area contributed by atoms with E-state index >= 15 is 0 Å². The van der Waals surface area contributed by atoms with E-state index in [0.29, 0.717) is 0 Å². The highest BCUT2D eigenvalue weighted by Gasteiger charge is 2.55. The molecule has 1 aliphatic heterocycles. The Morgan fingerprint density at radius 3 is 1.88 bits per heavy atom. The minimum atomic E-state index is -1.22. The minimum absolute atomic E-state index is 0.207. The number of amides is 4. The fourth-order valence-corrected chi connectivity index (χ4v) is 2.45. The molecule has 0 aliphatic carbocycles. The molecule has 0 aromatic carbocycles. The number of nitrogens with one attached hydrogen (secondary N) is 2. The lowest BCUT2D eigenvalue weighted by molar-refractivity contribution is -0.150. The molecule has 1 fully saturated rings. The normalized spacial score (nSPS) is 21.6. The van der Waals surface area contributed by atoms with Crippen LogP contribution in [0.15, 0.2) is 12.2 Å². The largest absolute Gasteiger partial charge is 0.328 e. The summed E-state index contributed by atoms with van der Waals surface area (Å²) in [6, 6.07) is -0.746. The predicted molar refractivity (Wildman–Crippen MR) is 62.9 cm³/mol. The Labute approximate surface area is 101 Å². The number of carbonyl (C=O) groups excluding carboxylic acids is 3. The minimum Gasteiger partial charge on any atom is -0.277 e. The van der Waals surface area contributed by atoms with E-state index in [1.54, 1.807) is 32.9 Å². The number of carbonyl (C=O) groups is 3. The second kappa shape index (κ2) is 4.69. The van der Waals surface area contributed by atoms with Gasteiger partial charge in [0.2, 0.25) is 11.8 Å². The average Bonchev–Trinajstić information content (AvgIpc) is 2.16. The zero-order valence-corrected chi connectivity index (χ0v) is 10.5. The van der Waals surface area contributed by atoms with Crippen LogP contribution in [0.5, 0.6) is 0 Å². The number of allylic oxidation sites excluding steroid dienone is 2. The van der Waals surface area contributed by atoms with Crippen LogP contribution in [0, 0.1) is 17.3 Å². The third-order valence-electron chi connectivity index (χ3n) is 3.32. The maximum atomic E-state index is 12.1. The summed E-state index contributed by atoms with van der Waals surface area (Å²) < 4.78 is 0. The van der Waals surface area contributed by atoms with Gasteiger partial charge in [-0.3, -0.25) is 20.2 Å². The number of rotatable bonds is 3. The van der Waals surface area contributed by atoms with Crippen molar-refractivity contribution in [2.75, 3.05) is 0 Å². The third kappa shape index (κ3) is 1.97. The highest BCUT2D eigenvalue weighted by atomic mass is 16.2. The van der Waals surface area contributed by atoms with Gasteiger partial charge in [0, 0.05) is 0 Å². The molecule has 94 valence electrons. The average molecular weight is 238 g/mol. The van der Waals surface area contributed by atoms with E-state index in [1.165, 1.54) is 0 Å². The second-order valence-electron chi connectivity index (χ2n) is 4.58. The van der Waals surface area contributed by atoms with Gasteiger partial charge in [-0.25, -0.2) is 4.79 Å². The van der Waals surface area contributed by atoms with Crippen molar-refractivity contribution < 1.29 is 14.4 Å². The molecule has 0 radical (unpaired) electrons. The Morgan fingerprint density at radius 1 is 1.06 bits per heavy atom. The molecule has 5 heteroatoms. The van der Waals surface area contributed by atoms with Crippen molar-refractivity contribution in [3.05, 3.63) is 12.2 Å². The summed E-state index contributed by atoms with van der Waals surface area (Å²) in [5, 5.41) is 4.36. The van der Waals surface area contributed by atoms with E-state index < -0.39 is 23.3 Å². The monoisotopic (exact) mass is 238 g/mol. The van der Waals surface area contributed by atoms with Gasteiger partial charge < -0.3 is 0 Å². The fraction of sp³-hybridized carbons (Fsp3) is 0.583. The first-order valence-corrected chi connectivity index (χ1v) is 5.67. The van der Waals surface area contributed by atoms with Crippen LogP contribution in [0.2, 0.25) is 0 Å². The van der Waals surface area contributed by atoms with Crippen molar-refractivity contribution in [2.24, 2.45) is 17.3 Å². The zero-order valence-electron chi connectivity index (χ0n) is 10.5. The molecule has 17 heavy (non-hydrogen) atoms. The van der Waals surface area contributed by atoms with Crippen molar-refractivity contribution in [2.45, 2.75) is 27.7 Å². The van der Waals surface area contributed by atoms with Gasteiger partial charge in [-0.05, 0) is 18.8 Å². The molecule has 0 bridgehead atoms. The maximum Gasteiger partial charge on any atom is 0.328 e. The molecule has 1 saturated heterocycles. The molecule has 0 aromatic heterocycles. The van der Waals surface area contributed by atoms with E-state index in [4.69, 9.17) is 0 Å². The number of urea groups is 1. The fourth-order valence-electron chi connectivity index (χ4n) is 2.45. The molecule has 4 amide bonds. The van der Waals surface area contributed by atoms with E-state index in [0.717, 1.165) is 0 Å². The quantitative estimate of drug-likeness (QED) is 0.573. The van der Waals surface area contributed by atoms with Crippen LogP contribution >= 0.6 is 0 Å². The lowest BCUT2D eigenvalue weighted by atomic mass is 9.66. The van der Waals surface area contributed by atoms with Gasteiger partial charge in [-0.2, -0.15) is 0 Å². The topological polar surface area (TPSA) is 75.3 Å². The van der Waals surface area contributed by atoms with Crippen molar-refractivity contribution in [1.82, 2.24) is 10.6 Å². The van der Waals surface area contributed by atoms with Crippen LogP contribution in [0.3, 0.4) is 0 Å². The molecule has 1 atom stereocenters. The smallest absolute Gasteiger partial charge is 0.277 e. The van der Waals surface area contributed by atoms with E-state index in [9.17, 15) is 14.4 Å². The first-order valence-electron chi connectivity index (χ1n) is 5.67. The number of hydrogen-bond donors (Lipinski definition) is 2. The Hall–Kier alpha value is -1.65. The molecule has 0 aromatic rings. The van der Waals surface area contributed by atoms with Crippen LogP contribution in [0.4, 0.5) is 4.79 Å². The summed E-state index contributed by atoms with van der Waals surface area (Å²) in [5.41, 5.74) is -1.22. The molecular formula is C12H18N2O3. The van der Waals surface area contributed by atoms with Crippen LogP contribution in [0.1, 0.15) is 27.7 Å². The van der Waals surface area contributed by atoms with Crippen molar-refractivity contribution in [3.63, 3.8) is 0 Å². The van der Waals surface area contributed by atoms with Gasteiger partial charge in [-0.15, -0.1) is 0 Å². The van der Waals surface area contributed by atoms with Gasteiger partial charge >= 0.3 is 6.03 Å². The molecule has 5 nitrogen and oxygen atoms in total. The highest BCUT2D eigenvalue weighted by Crippen LogP contribution is 2.38. The molecule has 1 aliphatic rings. The van der Waals surface area contributed by atoms with Crippen LogP contribution < -0.4 is 10.6 Å². The summed E-state index contributed by atoms with van der Waals surface area (Å²) in [4.78, 5) is 35.2. The van der Waals surface area contributed by atoms with Crippen LogP contribution in [-0.4, -0.2) is 17.8 Å². The summed E-state index contributed by atoms with van der Waals surface area (Å²) in [6.07, 6.45) is 3.60. The zero-order chi connectivity index (χ0) is 13.2. The SMILES string of the molecule is CC=CC(C)C1(C(C)C)C(=O)NC(=O)NC1=O. The van der Waals surface area contributed by atoms with Crippen molar-refractivity contribution >= 4 is 17.8 Å². The summed E-state index contributed by atoms with van der Waals surface area (Å²) in [5.74, 6) is -1.53. The molecule has 0 saturated carbocycles. The Balaban J connectivity index is 3.27. The summed E-state index contributed by atoms with van der Waals surface area (Å²) >= 11 is 0. The van der Waals surface area contributed by atoms with Gasteiger partial charge in [0.1, 0.15) is 5.41 Å². The Morgan fingerprint density at radius 2 is 1.53 bits per heavy atom. The highest BCUT2D eigenvalue weighted by molar-refractivity contribution is 6.19. The Kier molecular flexibility index (Phi) is 3.70. The third-order valence-corrected chi connectivity index (χ3v) is 3.32.